The second-order valence-corrected chi connectivity index (χ2v) is 5.86. The Hall–Kier alpha value is -2.18. The van der Waals surface area contributed by atoms with Crippen LogP contribution in [0.3, 0.4) is 0 Å². The van der Waals surface area contributed by atoms with Crippen LogP contribution in [0, 0.1) is 11.6 Å². The second kappa shape index (κ2) is 8.08. The minimum absolute atomic E-state index is 0.137. The molecule has 0 aliphatic carbocycles. The molecule has 2 rings (SSSR count). The fourth-order valence-electron chi connectivity index (χ4n) is 2.29. The number of carbonyl (C=O) groups is 1. The number of hydrogen-bond donors (Lipinski definition) is 2. The molecular weight excluding hydrogens is 338 g/mol. The minimum Gasteiger partial charge on any atom is -0.494 e. The Balaban J connectivity index is 1.92. The van der Waals surface area contributed by atoms with Gasteiger partial charge in [-0.05, 0) is 36.4 Å². The predicted molar refractivity (Wildman–Crippen MR) is 88.4 cm³/mol. The van der Waals surface area contributed by atoms with E-state index in [0.717, 1.165) is 16.5 Å². The summed E-state index contributed by atoms with van der Waals surface area (Å²) in [6, 6.07) is 8.45. The summed E-state index contributed by atoms with van der Waals surface area (Å²) < 4.78 is 31.5. The number of anilines is 1. The summed E-state index contributed by atoms with van der Waals surface area (Å²) in [7, 11) is 3.22. The first kappa shape index (κ1) is 18.2. The van der Waals surface area contributed by atoms with Gasteiger partial charge in [-0.3, -0.25) is 4.79 Å². The third-order valence-electron chi connectivity index (χ3n) is 3.39. The van der Waals surface area contributed by atoms with E-state index in [1.807, 2.05) is 7.05 Å². The van der Waals surface area contributed by atoms with E-state index < -0.39 is 11.6 Å². The van der Waals surface area contributed by atoms with Crippen molar-refractivity contribution in [1.29, 1.82) is 0 Å². The maximum Gasteiger partial charge on any atom is 0.279 e. The molecule has 128 valence electrons. The zero-order valence-electron chi connectivity index (χ0n) is 13.3. The van der Waals surface area contributed by atoms with Crippen LogP contribution >= 0.6 is 11.6 Å². The van der Waals surface area contributed by atoms with Crippen molar-refractivity contribution in [3.63, 3.8) is 0 Å². The van der Waals surface area contributed by atoms with Gasteiger partial charge in [0.05, 0.1) is 24.9 Å². The van der Waals surface area contributed by atoms with Crippen LogP contribution in [-0.2, 0) is 11.3 Å². The Bertz CT molecular complexity index is 741. The Morgan fingerprint density at radius 2 is 2.00 bits per heavy atom. The number of ether oxygens (including phenoxy) is 1. The second-order valence-electron chi connectivity index (χ2n) is 5.45. The molecule has 0 aliphatic rings. The number of amides is 1. The number of benzene rings is 2. The maximum absolute atomic E-state index is 13.7. The number of quaternary nitrogens is 1. The van der Waals surface area contributed by atoms with Crippen molar-refractivity contribution in [2.45, 2.75) is 6.54 Å². The highest BCUT2D eigenvalue weighted by Crippen LogP contribution is 2.22. The SMILES string of the molecule is COc1ccc(C[NH+](C)CC(=O)Nc2ccc(F)cc2Cl)cc1F. The van der Waals surface area contributed by atoms with E-state index >= 15 is 0 Å². The van der Waals surface area contributed by atoms with Gasteiger partial charge >= 0.3 is 0 Å². The molecule has 4 nitrogen and oxygen atoms in total. The van der Waals surface area contributed by atoms with Gasteiger partial charge in [0.1, 0.15) is 12.4 Å². The van der Waals surface area contributed by atoms with Crippen LogP contribution < -0.4 is 15.0 Å². The van der Waals surface area contributed by atoms with Crippen LogP contribution in [-0.4, -0.2) is 26.6 Å². The molecule has 24 heavy (non-hydrogen) atoms. The Kier molecular flexibility index (Phi) is 6.11. The van der Waals surface area contributed by atoms with Gasteiger partial charge in [0.2, 0.25) is 0 Å². The quantitative estimate of drug-likeness (QED) is 0.835. The molecule has 2 N–H and O–H groups in total. The Labute approximate surface area is 144 Å². The highest BCUT2D eigenvalue weighted by molar-refractivity contribution is 6.33. The average Bonchev–Trinajstić information content (AvgIpc) is 2.50. The van der Waals surface area contributed by atoms with E-state index in [-0.39, 0.29) is 23.2 Å². The molecule has 1 unspecified atom stereocenters. The summed E-state index contributed by atoms with van der Waals surface area (Å²) in [5, 5.41) is 2.77. The molecule has 0 saturated carbocycles. The van der Waals surface area contributed by atoms with Crippen molar-refractivity contribution in [1.82, 2.24) is 0 Å². The molecular formula is C17H18ClF2N2O2+. The fraction of sp³-hybridized carbons (Fsp3) is 0.235. The van der Waals surface area contributed by atoms with Gasteiger partial charge in [-0.1, -0.05) is 11.6 Å². The lowest BCUT2D eigenvalue weighted by molar-refractivity contribution is -0.885. The molecule has 0 aromatic heterocycles. The van der Waals surface area contributed by atoms with E-state index in [0.29, 0.717) is 12.2 Å². The molecule has 1 amide bonds. The van der Waals surface area contributed by atoms with Crippen molar-refractivity contribution < 1.29 is 23.2 Å². The molecule has 0 aliphatic heterocycles. The molecule has 0 spiro atoms. The van der Waals surface area contributed by atoms with E-state index in [1.165, 1.54) is 25.3 Å². The summed E-state index contributed by atoms with van der Waals surface area (Å²) in [5.41, 5.74) is 1.10. The number of rotatable bonds is 6. The summed E-state index contributed by atoms with van der Waals surface area (Å²) in [5.74, 6) is -0.997. The van der Waals surface area contributed by atoms with Crippen LogP contribution in [0.4, 0.5) is 14.5 Å². The molecule has 0 bridgehead atoms. The molecule has 0 saturated heterocycles. The van der Waals surface area contributed by atoms with Crippen LogP contribution in [0.5, 0.6) is 5.75 Å². The molecule has 0 radical (unpaired) electrons. The summed E-state index contributed by atoms with van der Waals surface area (Å²) in [6.45, 7) is 0.618. The van der Waals surface area contributed by atoms with Crippen molar-refractivity contribution >= 4 is 23.2 Å². The van der Waals surface area contributed by atoms with Gasteiger partial charge < -0.3 is 15.0 Å². The van der Waals surface area contributed by atoms with Gasteiger partial charge in [0.25, 0.3) is 5.91 Å². The fourth-order valence-corrected chi connectivity index (χ4v) is 2.50. The van der Waals surface area contributed by atoms with Crippen molar-refractivity contribution in [2.75, 3.05) is 26.0 Å². The monoisotopic (exact) mass is 355 g/mol. The Morgan fingerprint density at radius 3 is 2.62 bits per heavy atom. The highest BCUT2D eigenvalue weighted by atomic mass is 35.5. The number of methoxy groups -OCH3 is 1. The van der Waals surface area contributed by atoms with Crippen LogP contribution in [0.2, 0.25) is 5.02 Å². The Morgan fingerprint density at radius 1 is 1.25 bits per heavy atom. The zero-order valence-corrected chi connectivity index (χ0v) is 14.1. The third kappa shape index (κ3) is 4.91. The van der Waals surface area contributed by atoms with Crippen molar-refractivity contribution in [3.8, 4) is 5.75 Å². The predicted octanol–water partition coefficient (Wildman–Crippen LogP) is 2.28. The molecule has 2 aromatic rings. The smallest absolute Gasteiger partial charge is 0.279 e. The molecule has 0 fully saturated rings. The lowest BCUT2D eigenvalue weighted by Crippen LogP contribution is -3.08. The number of halogens is 3. The number of hydrogen-bond acceptors (Lipinski definition) is 2. The van der Waals surface area contributed by atoms with Crippen LogP contribution in [0.25, 0.3) is 0 Å². The lowest BCUT2D eigenvalue weighted by Gasteiger charge is -2.15. The summed E-state index contributed by atoms with van der Waals surface area (Å²) in [4.78, 5) is 12.9. The number of carbonyl (C=O) groups excluding carboxylic acids is 1. The number of nitrogens with one attached hydrogen (secondary N) is 2. The highest BCUT2D eigenvalue weighted by Gasteiger charge is 2.14. The largest absolute Gasteiger partial charge is 0.494 e. The van der Waals surface area contributed by atoms with Gasteiger partial charge in [0, 0.05) is 5.56 Å². The first-order valence-corrected chi connectivity index (χ1v) is 7.65. The van der Waals surface area contributed by atoms with Gasteiger partial charge in [-0.15, -0.1) is 0 Å². The summed E-state index contributed by atoms with van der Waals surface area (Å²) in [6.07, 6.45) is 0. The summed E-state index contributed by atoms with van der Waals surface area (Å²) >= 11 is 5.87. The molecule has 0 heterocycles. The average molecular weight is 356 g/mol. The van der Waals surface area contributed by atoms with Gasteiger partial charge in [-0.25, -0.2) is 8.78 Å². The first-order chi connectivity index (χ1) is 11.4. The van der Waals surface area contributed by atoms with Crippen LogP contribution in [0.1, 0.15) is 5.56 Å². The van der Waals surface area contributed by atoms with Gasteiger partial charge in [-0.2, -0.15) is 0 Å². The van der Waals surface area contributed by atoms with Crippen molar-refractivity contribution in [2.24, 2.45) is 0 Å². The third-order valence-corrected chi connectivity index (χ3v) is 3.70. The van der Waals surface area contributed by atoms with E-state index in [2.05, 4.69) is 5.32 Å². The van der Waals surface area contributed by atoms with E-state index in [9.17, 15) is 13.6 Å². The molecule has 7 heteroatoms. The van der Waals surface area contributed by atoms with E-state index in [1.54, 1.807) is 12.1 Å². The maximum atomic E-state index is 13.7. The van der Waals surface area contributed by atoms with E-state index in [4.69, 9.17) is 16.3 Å². The zero-order chi connectivity index (χ0) is 17.7. The van der Waals surface area contributed by atoms with Crippen molar-refractivity contribution in [3.05, 3.63) is 58.6 Å². The van der Waals surface area contributed by atoms with Crippen LogP contribution in [0.15, 0.2) is 36.4 Å². The molecule has 2 aromatic carbocycles. The minimum atomic E-state index is -0.470. The normalized spacial score (nSPS) is 11.9. The molecule has 1 atom stereocenters. The topological polar surface area (TPSA) is 42.8 Å². The van der Waals surface area contributed by atoms with Gasteiger partial charge in [0.15, 0.2) is 18.1 Å². The first-order valence-electron chi connectivity index (χ1n) is 7.27. The lowest BCUT2D eigenvalue weighted by atomic mass is 10.2. The number of likely N-dealkylation sites (N-methyl/N-ethyl adjacent to an activating group) is 1. The standard InChI is InChI=1S/C17H17ClF2N2O2/c1-22(9-11-3-6-16(24-2)14(20)7-11)10-17(23)21-15-5-4-12(19)8-13(15)18/h3-8H,9-10H2,1-2H3,(H,21,23)/p+1.